The van der Waals surface area contributed by atoms with Crippen LogP contribution in [0, 0.1) is 0 Å². The Morgan fingerprint density at radius 2 is 2.05 bits per heavy atom. The maximum absolute atomic E-state index is 5.93. The Hall–Kier alpha value is -0.120. The van der Waals surface area contributed by atoms with E-state index in [9.17, 15) is 0 Å². The molecule has 3 heteroatoms. The monoisotopic (exact) mass is 268 g/mol. The summed E-state index contributed by atoms with van der Waals surface area (Å²) in [4.78, 5) is 2.70. The van der Waals surface area contributed by atoms with Gasteiger partial charge in [0.15, 0.2) is 0 Å². The van der Waals surface area contributed by atoms with E-state index in [1.165, 1.54) is 51.5 Å². The maximum Gasteiger partial charge on any atom is 0.0702 e. The highest BCUT2D eigenvalue weighted by Crippen LogP contribution is 2.22. The average Bonchev–Trinajstić information content (AvgIpc) is 2.46. The summed E-state index contributed by atoms with van der Waals surface area (Å²) >= 11 is 0. The van der Waals surface area contributed by atoms with Crippen molar-refractivity contribution in [3.63, 3.8) is 0 Å². The summed E-state index contributed by atoms with van der Waals surface area (Å²) in [5.74, 6) is 0. The lowest BCUT2D eigenvalue weighted by Gasteiger charge is -2.41. The second-order valence-electron chi connectivity index (χ2n) is 6.29. The van der Waals surface area contributed by atoms with E-state index in [4.69, 9.17) is 4.74 Å². The number of likely N-dealkylation sites (tertiary alicyclic amines) is 1. The van der Waals surface area contributed by atoms with Crippen molar-refractivity contribution in [3.05, 3.63) is 0 Å². The predicted molar refractivity (Wildman–Crippen MR) is 80.6 cm³/mol. The molecule has 3 atom stereocenters. The number of hydrogen-bond acceptors (Lipinski definition) is 3. The van der Waals surface area contributed by atoms with Gasteiger partial charge in [-0.25, -0.2) is 0 Å². The van der Waals surface area contributed by atoms with Crippen LogP contribution < -0.4 is 5.32 Å². The molecule has 2 saturated heterocycles. The highest BCUT2D eigenvalue weighted by atomic mass is 16.5. The Labute approximate surface area is 119 Å². The molecule has 3 nitrogen and oxygen atoms in total. The third-order valence-corrected chi connectivity index (χ3v) is 4.67. The number of piperidine rings is 1. The fraction of sp³-hybridized carbons (Fsp3) is 1.00. The van der Waals surface area contributed by atoms with Crippen molar-refractivity contribution in [3.8, 4) is 0 Å². The van der Waals surface area contributed by atoms with Gasteiger partial charge in [0.1, 0.15) is 0 Å². The first kappa shape index (κ1) is 15.3. The summed E-state index contributed by atoms with van der Waals surface area (Å²) in [5.41, 5.74) is 0. The van der Waals surface area contributed by atoms with Gasteiger partial charge in [-0.2, -0.15) is 0 Å². The highest BCUT2D eigenvalue weighted by molar-refractivity contribution is 4.86. The maximum atomic E-state index is 5.93. The molecule has 2 heterocycles. The van der Waals surface area contributed by atoms with Crippen LogP contribution >= 0.6 is 0 Å². The lowest BCUT2D eigenvalue weighted by molar-refractivity contribution is -0.0229. The minimum absolute atomic E-state index is 0.493. The number of nitrogens with zero attached hydrogens (tertiary/aromatic N) is 1. The topological polar surface area (TPSA) is 24.5 Å². The van der Waals surface area contributed by atoms with Crippen LogP contribution in [0.15, 0.2) is 0 Å². The minimum Gasteiger partial charge on any atom is -0.377 e. The first-order valence-electron chi connectivity index (χ1n) is 8.40. The van der Waals surface area contributed by atoms with Crippen LogP contribution in [0.2, 0.25) is 0 Å². The van der Waals surface area contributed by atoms with E-state index in [1.54, 1.807) is 0 Å². The molecule has 3 unspecified atom stereocenters. The molecular formula is C16H32N2O. The normalized spacial score (nSPS) is 31.3. The fourth-order valence-electron chi connectivity index (χ4n) is 3.53. The molecule has 0 bridgehead atoms. The van der Waals surface area contributed by atoms with Gasteiger partial charge in [0.2, 0.25) is 0 Å². The van der Waals surface area contributed by atoms with Gasteiger partial charge in [-0.05, 0) is 58.5 Å². The van der Waals surface area contributed by atoms with E-state index in [1.807, 2.05) is 0 Å². The summed E-state index contributed by atoms with van der Waals surface area (Å²) in [6.07, 6.45) is 9.70. The van der Waals surface area contributed by atoms with Crippen molar-refractivity contribution in [2.24, 2.45) is 0 Å². The summed E-state index contributed by atoms with van der Waals surface area (Å²) < 4.78 is 5.93. The number of hydrogen-bond donors (Lipinski definition) is 1. The second-order valence-corrected chi connectivity index (χ2v) is 6.29. The number of rotatable bonds is 6. The largest absolute Gasteiger partial charge is 0.377 e. The molecule has 0 aromatic rings. The van der Waals surface area contributed by atoms with Crippen LogP contribution in [0.5, 0.6) is 0 Å². The lowest BCUT2D eigenvalue weighted by atomic mass is 9.95. The van der Waals surface area contributed by atoms with Crippen LogP contribution in [0.25, 0.3) is 0 Å². The molecule has 0 spiro atoms. The van der Waals surface area contributed by atoms with Gasteiger partial charge < -0.3 is 10.1 Å². The van der Waals surface area contributed by atoms with Gasteiger partial charge in [0, 0.05) is 25.2 Å². The Bertz CT molecular complexity index is 241. The van der Waals surface area contributed by atoms with E-state index in [0.29, 0.717) is 18.2 Å². The zero-order valence-electron chi connectivity index (χ0n) is 12.9. The second kappa shape index (κ2) is 8.23. The van der Waals surface area contributed by atoms with Crippen LogP contribution in [0.3, 0.4) is 0 Å². The van der Waals surface area contributed by atoms with Gasteiger partial charge in [-0.15, -0.1) is 0 Å². The molecule has 2 aliphatic heterocycles. The van der Waals surface area contributed by atoms with Crippen molar-refractivity contribution in [2.45, 2.75) is 77.0 Å². The van der Waals surface area contributed by atoms with Crippen LogP contribution in [0.4, 0.5) is 0 Å². The van der Waals surface area contributed by atoms with Crippen molar-refractivity contribution >= 4 is 0 Å². The molecule has 2 fully saturated rings. The minimum atomic E-state index is 0.493. The predicted octanol–water partition coefficient (Wildman–Crippen LogP) is 2.80. The van der Waals surface area contributed by atoms with Crippen LogP contribution in [-0.2, 0) is 4.74 Å². The SMILES string of the molecule is CCCNC(C)C1CCCCN1CC1CCCCO1. The van der Waals surface area contributed by atoms with Crippen molar-refractivity contribution in [2.75, 3.05) is 26.2 Å². The number of ether oxygens (including phenoxy) is 1. The molecule has 0 aromatic carbocycles. The molecule has 0 radical (unpaired) electrons. The Morgan fingerprint density at radius 1 is 1.21 bits per heavy atom. The number of nitrogens with one attached hydrogen (secondary N) is 1. The molecular weight excluding hydrogens is 236 g/mol. The van der Waals surface area contributed by atoms with Crippen LogP contribution in [-0.4, -0.2) is 49.3 Å². The summed E-state index contributed by atoms with van der Waals surface area (Å²) in [7, 11) is 0. The molecule has 0 aliphatic carbocycles. The standard InChI is InChI=1S/C16H32N2O/c1-3-10-17-14(2)16-9-4-6-11-18(16)13-15-8-5-7-12-19-15/h14-17H,3-13H2,1-2H3. The molecule has 0 amide bonds. The molecule has 112 valence electrons. The lowest BCUT2D eigenvalue weighted by Crippen LogP contribution is -2.53. The molecule has 19 heavy (non-hydrogen) atoms. The third kappa shape index (κ3) is 4.73. The van der Waals surface area contributed by atoms with Gasteiger partial charge in [0.05, 0.1) is 6.10 Å². The van der Waals surface area contributed by atoms with Gasteiger partial charge in [-0.3, -0.25) is 4.90 Å². The first-order chi connectivity index (χ1) is 9.31. The Balaban J connectivity index is 1.83. The summed E-state index contributed by atoms with van der Waals surface area (Å²) in [6, 6.07) is 1.33. The molecule has 0 saturated carbocycles. The van der Waals surface area contributed by atoms with Crippen molar-refractivity contribution in [1.82, 2.24) is 10.2 Å². The van der Waals surface area contributed by atoms with E-state index >= 15 is 0 Å². The smallest absolute Gasteiger partial charge is 0.0702 e. The molecule has 0 aromatic heterocycles. The van der Waals surface area contributed by atoms with Gasteiger partial charge in [-0.1, -0.05) is 13.3 Å². The quantitative estimate of drug-likeness (QED) is 0.801. The zero-order chi connectivity index (χ0) is 13.5. The molecule has 1 N–H and O–H groups in total. The Kier molecular flexibility index (Phi) is 6.62. The summed E-state index contributed by atoms with van der Waals surface area (Å²) in [6.45, 7) is 9.15. The zero-order valence-corrected chi connectivity index (χ0v) is 12.9. The average molecular weight is 268 g/mol. The van der Waals surface area contributed by atoms with Gasteiger partial charge in [0.25, 0.3) is 0 Å². The summed E-state index contributed by atoms with van der Waals surface area (Å²) in [5, 5.41) is 3.69. The Morgan fingerprint density at radius 3 is 2.79 bits per heavy atom. The van der Waals surface area contributed by atoms with Crippen LogP contribution in [0.1, 0.15) is 58.8 Å². The fourth-order valence-corrected chi connectivity index (χ4v) is 3.53. The van der Waals surface area contributed by atoms with E-state index < -0.39 is 0 Å². The van der Waals surface area contributed by atoms with Crippen molar-refractivity contribution < 1.29 is 4.74 Å². The molecule has 2 aliphatic rings. The van der Waals surface area contributed by atoms with Crippen molar-refractivity contribution in [1.29, 1.82) is 0 Å². The first-order valence-corrected chi connectivity index (χ1v) is 8.40. The third-order valence-electron chi connectivity index (χ3n) is 4.67. The van der Waals surface area contributed by atoms with E-state index in [-0.39, 0.29) is 0 Å². The van der Waals surface area contributed by atoms with E-state index in [0.717, 1.165) is 19.7 Å². The van der Waals surface area contributed by atoms with E-state index in [2.05, 4.69) is 24.1 Å². The molecule has 2 rings (SSSR count). The highest BCUT2D eigenvalue weighted by Gasteiger charge is 2.29. The van der Waals surface area contributed by atoms with Gasteiger partial charge >= 0.3 is 0 Å².